The van der Waals surface area contributed by atoms with Crippen molar-refractivity contribution in [1.29, 1.82) is 0 Å². The Hall–Kier alpha value is -2.25. The number of aromatic nitrogens is 3. The summed E-state index contributed by atoms with van der Waals surface area (Å²) >= 11 is 3.18. The predicted molar refractivity (Wildman–Crippen MR) is 87.9 cm³/mol. The first-order valence-corrected chi connectivity index (χ1v) is 8.36. The van der Waals surface area contributed by atoms with Gasteiger partial charge in [0.25, 0.3) is 0 Å². The van der Waals surface area contributed by atoms with Crippen LogP contribution in [0.25, 0.3) is 16.2 Å². The van der Waals surface area contributed by atoms with Crippen molar-refractivity contribution in [3.8, 4) is 11.3 Å². The van der Waals surface area contributed by atoms with Crippen molar-refractivity contribution in [3.63, 3.8) is 0 Å². The molecule has 3 heterocycles. The second-order valence-corrected chi connectivity index (χ2v) is 6.68. The number of fused-ring (bicyclic) bond motifs is 1. The lowest BCUT2D eigenvalue weighted by atomic mass is 10.2. The first-order valence-electron chi connectivity index (χ1n) is 6.66. The van der Waals surface area contributed by atoms with Crippen LogP contribution in [0.4, 0.5) is 9.52 Å². The van der Waals surface area contributed by atoms with Gasteiger partial charge in [0.2, 0.25) is 10.1 Å². The zero-order chi connectivity index (χ0) is 14.9. The van der Waals surface area contributed by atoms with E-state index in [9.17, 15) is 4.39 Å². The van der Waals surface area contributed by atoms with Crippen LogP contribution in [-0.4, -0.2) is 14.6 Å². The molecule has 110 valence electrons. The number of hydrogen-bond donors (Lipinski definition) is 1. The van der Waals surface area contributed by atoms with E-state index in [0.29, 0.717) is 0 Å². The lowest BCUT2D eigenvalue weighted by Crippen LogP contribution is -1.98. The maximum absolute atomic E-state index is 13.4. The molecule has 0 aliphatic carbocycles. The Bertz CT molecular complexity index is 911. The summed E-state index contributed by atoms with van der Waals surface area (Å²) in [7, 11) is 0. The molecule has 1 N–H and O–H groups in total. The Labute approximate surface area is 133 Å². The molecule has 1 aromatic carbocycles. The van der Waals surface area contributed by atoms with E-state index in [0.717, 1.165) is 27.9 Å². The number of benzene rings is 1. The minimum absolute atomic E-state index is 0.265. The number of anilines is 1. The fourth-order valence-electron chi connectivity index (χ4n) is 2.18. The molecule has 0 radical (unpaired) electrons. The number of thiophene rings is 1. The standard InChI is InChI=1S/C15H11FN4S2/c16-11-4-1-3-10(7-11)13-9-18-15-20(13)19-14(22-15)17-8-12-5-2-6-21-12/h1-7,9H,8H2,(H,17,19). The van der Waals surface area contributed by atoms with Gasteiger partial charge in [0, 0.05) is 10.4 Å². The minimum Gasteiger partial charge on any atom is -0.355 e. The molecule has 4 aromatic rings. The maximum Gasteiger partial charge on any atom is 0.214 e. The van der Waals surface area contributed by atoms with Crippen molar-refractivity contribution in [2.75, 3.05) is 5.32 Å². The molecule has 4 rings (SSSR count). The van der Waals surface area contributed by atoms with Gasteiger partial charge in [-0.3, -0.25) is 0 Å². The van der Waals surface area contributed by atoms with Gasteiger partial charge in [0.15, 0.2) is 0 Å². The molecule has 0 bridgehead atoms. The smallest absolute Gasteiger partial charge is 0.214 e. The third-order valence-electron chi connectivity index (χ3n) is 3.20. The number of hydrogen-bond acceptors (Lipinski definition) is 5. The van der Waals surface area contributed by atoms with E-state index in [1.165, 1.54) is 28.3 Å². The Morgan fingerprint density at radius 1 is 1.23 bits per heavy atom. The van der Waals surface area contributed by atoms with Crippen LogP contribution in [0, 0.1) is 5.82 Å². The van der Waals surface area contributed by atoms with Crippen LogP contribution in [0.1, 0.15) is 4.88 Å². The molecule has 0 saturated heterocycles. The van der Waals surface area contributed by atoms with E-state index in [4.69, 9.17) is 0 Å². The molecule has 0 aliphatic rings. The van der Waals surface area contributed by atoms with Crippen LogP contribution in [0.2, 0.25) is 0 Å². The van der Waals surface area contributed by atoms with Crippen LogP contribution in [0.5, 0.6) is 0 Å². The average molecular weight is 330 g/mol. The van der Waals surface area contributed by atoms with Gasteiger partial charge in [-0.25, -0.2) is 13.9 Å². The summed E-state index contributed by atoms with van der Waals surface area (Å²) in [6.45, 7) is 0.740. The van der Waals surface area contributed by atoms with Crippen LogP contribution in [-0.2, 0) is 6.54 Å². The fraction of sp³-hybridized carbons (Fsp3) is 0.0667. The Kier molecular flexibility index (Phi) is 3.36. The Morgan fingerprint density at radius 3 is 3.00 bits per heavy atom. The van der Waals surface area contributed by atoms with Gasteiger partial charge >= 0.3 is 0 Å². The number of nitrogens with zero attached hydrogens (tertiary/aromatic N) is 3. The van der Waals surface area contributed by atoms with E-state index >= 15 is 0 Å². The Morgan fingerprint density at radius 2 is 2.18 bits per heavy atom. The molecule has 0 amide bonds. The quantitative estimate of drug-likeness (QED) is 0.607. The molecule has 0 aliphatic heterocycles. The van der Waals surface area contributed by atoms with E-state index in [-0.39, 0.29) is 5.82 Å². The van der Waals surface area contributed by atoms with Gasteiger partial charge in [0.1, 0.15) is 5.82 Å². The number of halogens is 1. The highest BCUT2D eigenvalue weighted by atomic mass is 32.1. The zero-order valence-corrected chi connectivity index (χ0v) is 13.0. The first kappa shape index (κ1) is 13.4. The van der Waals surface area contributed by atoms with Crippen molar-refractivity contribution < 1.29 is 4.39 Å². The third-order valence-corrected chi connectivity index (χ3v) is 4.96. The molecule has 22 heavy (non-hydrogen) atoms. The summed E-state index contributed by atoms with van der Waals surface area (Å²) in [6, 6.07) is 10.6. The number of rotatable bonds is 4. The summed E-state index contributed by atoms with van der Waals surface area (Å²) in [6.07, 6.45) is 1.72. The molecular weight excluding hydrogens is 319 g/mol. The fourth-order valence-corrected chi connectivity index (χ4v) is 3.60. The summed E-state index contributed by atoms with van der Waals surface area (Å²) in [5.74, 6) is -0.265. The second-order valence-electron chi connectivity index (χ2n) is 4.69. The van der Waals surface area contributed by atoms with Gasteiger partial charge in [0.05, 0.1) is 18.4 Å². The Balaban J connectivity index is 1.64. The average Bonchev–Trinajstić information content (AvgIpc) is 3.22. The van der Waals surface area contributed by atoms with Crippen molar-refractivity contribution >= 4 is 32.8 Å². The van der Waals surface area contributed by atoms with Crippen LogP contribution in [0.15, 0.2) is 48.0 Å². The van der Waals surface area contributed by atoms with Gasteiger partial charge in [-0.1, -0.05) is 29.5 Å². The topological polar surface area (TPSA) is 42.2 Å². The van der Waals surface area contributed by atoms with Crippen molar-refractivity contribution in [1.82, 2.24) is 14.6 Å². The van der Waals surface area contributed by atoms with E-state index in [2.05, 4.69) is 21.5 Å². The first-order chi connectivity index (χ1) is 10.8. The predicted octanol–water partition coefficient (Wildman–Crippen LogP) is 4.27. The summed E-state index contributed by atoms with van der Waals surface area (Å²) in [4.78, 5) is 6.38. The van der Waals surface area contributed by atoms with Crippen LogP contribution < -0.4 is 5.32 Å². The van der Waals surface area contributed by atoms with Crippen molar-refractivity contribution in [2.24, 2.45) is 0 Å². The summed E-state index contributed by atoms with van der Waals surface area (Å²) in [5.41, 5.74) is 1.55. The molecule has 0 spiro atoms. The SMILES string of the molecule is Fc1cccc(-c2cnc3sc(NCc4cccs4)nn23)c1. The number of nitrogens with one attached hydrogen (secondary N) is 1. The van der Waals surface area contributed by atoms with E-state index in [1.54, 1.807) is 28.1 Å². The van der Waals surface area contributed by atoms with Gasteiger partial charge < -0.3 is 5.32 Å². The third kappa shape index (κ3) is 2.49. The highest BCUT2D eigenvalue weighted by Gasteiger charge is 2.12. The van der Waals surface area contributed by atoms with E-state index in [1.807, 2.05) is 17.5 Å². The minimum atomic E-state index is -0.265. The normalized spacial score (nSPS) is 11.1. The molecule has 3 aromatic heterocycles. The lowest BCUT2D eigenvalue weighted by molar-refractivity contribution is 0.628. The number of imidazole rings is 1. The molecular formula is C15H11FN4S2. The molecule has 0 saturated carbocycles. The molecule has 0 atom stereocenters. The maximum atomic E-state index is 13.4. The molecule has 0 unspecified atom stereocenters. The zero-order valence-electron chi connectivity index (χ0n) is 11.4. The van der Waals surface area contributed by atoms with Crippen molar-refractivity contribution in [3.05, 3.63) is 58.7 Å². The van der Waals surface area contributed by atoms with Gasteiger partial charge in [-0.15, -0.1) is 16.4 Å². The van der Waals surface area contributed by atoms with E-state index < -0.39 is 0 Å². The molecule has 4 nitrogen and oxygen atoms in total. The van der Waals surface area contributed by atoms with Crippen LogP contribution in [0.3, 0.4) is 0 Å². The highest BCUT2D eigenvalue weighted by molar-refractivity contribution is 7.20. The highest BCUT2D eigenvalue weighted by Crippen LogP contribution is 2.26. The monoisotopic (exact) mass is 330 g/mol. The second kappa shape index (κ2) is 5.51. The van der Waals surface area contributed by atoms with Crippen LogP contribution >= 0.6 is 22.7 Å². The van der Waals surface area contributed by atoms with Gasteiger partial charge in [-0.05, 0) is 23.6 Å². The van der Waals surface area contributed by atoms with Gasteiger partial charge in [-0.2, -0.15) is 0 Å². The molecule has 0 fully saturated rings. The largest absolute Gasteiger partial charge is 0.355 e. The lowest BCUT2D eigenvalue weighted by Gasteiger charge is -2.00. The molecule has 7 heteroatoms. The summed E-state index contributed by atoms with van der Waals surface area (Å²) < 4.78 is 15.1. The summed E-state index contributed by atoms with van der Waals surface area (Å²) in [5, 5.41) is 10.7. The van der Waals surface area contributed by atoms with Crippen molar-refractivity contribution in [2.45, 2.75) is 6.54 Å².